The normalized spacial score (nSPS) is 11.8. The van der Waals surface area contributed by atoms with Crippen LogP contribution in [0, 0.1) is 6.92 Å². The second-order valence-corrected chi connectivity index (χ2v) is 9.72. The van der Waals surface area contributed by atoms with Crippen LogP contribution in [0.4, 0.5) is 13.2 Å². The number of aromatic nitrogens is 5. The lowest BCUT2D eigenvalue weighted by molar-refractivity contribution is -0.138. The van der Waals surface area contributed by atoms with Crippen LogP contribution in [0.3, 0.4) is 0 Å². The first-order valence-corrected chi connectivity index (χ1v) is 12.9. The quantitative estimate of drug-likeness (QED) is 0.229. The summed E-state index contributed by atoms with van der Waals surface area (Å²) in [5, 5.41) is 1.17. The molecule has 11 heteroatoms. The Balaban J connectivity index is 1.50. The molecule has 0 amide bonds. The Labute approximate surface area is 232 Å². The maximum atomic E-state index is 13.3. The zero-order valence-corrected chi connectivity index (χ0v) is 22.7. The summed E-state index contributed by atoms with van der Waals surface area (Å²) in [7, 11) is 1.98. The topological polar surface area (TPSA) is 74.8 Å². The van der Waals surface area contributed by atoms with Gasteiger partial charge in [0.25, 0.3) is 5.56 Å². The third-order valence-electron chi connectivity index (χ3n) is 6.72. The number of fused-ring (bicyclic) bond motifs is 1. The third-order valence-corrected chi connectivity index (χ3v) is 7.08. The molecule has 7 nitrogen and oxygen atoms in total. The number of hydrogen-bond donors (Lipinski definition) is 0. The highest BCUT2D eigenvalue weighted by Gasteiger charge is 2.34. The van der Waals surface area contributed by atoms with Crippen molar-refractivity contribution in [1.29, 1.82) is 0 Å². The molecule has 0 bridgehead atoms. The van der Waals surface area contributed by atoms with E-state index in [0.717, 1.165) is 45.2 Å². The maximum Gasteiger partial charge on any atom is 0.421 e. The van der Waals surface area contributed by atoms with Crippen LogP contribution in [0.15, 0.2) is 65.8 Å². The van der Waals surface area contributed by atoms with Crippen LogP contribution in [0.1, 0.15) is 35.1 Å². The van der Waals surface area contributed by atoms with Crippen molar-refractivity contribution in [2.24, 2.45) is 7.05 Å². The molecule has 4 heterocycles. The van der Waals surface area contributed by atoms with E-state index in [9.17, 15) is 18.0 Å². The minimum absolute atomic E-state index is 0.0395. The molecule has 0 aliphatic heterocycles. The van der Waals surface area contributed by atoms with Gasteiger partial charge in [-0.05, 0) is 43.7 Å². The minimum Gasteiger partial charge on any atom is -0.486 e. The number of imidazole rings is 1. The summed E-state index contributed by atoms with van der Waals surface area (Å²) in [6.45, 7) is 3.72. The van der Waals surface area contributed by atoms with Gasteiger partial charge in [-0.15, -0.1) is 0 Å². The molecule has 0 saturated heterocycles. The molecule has 0 aliphatic carbocycles. The van der Waals surface area contributed by atoms with Crippen LogP contribution in [-0.2, 0) is 32.8 Å². The first-order chi connectivity index (χ1) is 19.1. The van der Waals surface area contributed by atoms with E-state index < -0.39 is 17.3 Å². The molecule has 1 aromatic carbocycles. The van der Waals surface area contributed by atoms with Crippen molar-refractivity contribution in [3.05, 3.63) is 105 Å². The fourth-order valence-electron chi connectivity index (χ4n) is 4.66. The number of rotatable bonds is 7. The summed E-state index contributed by atoms with van der Waals surface area (Å²) in [4.78, 5) is 26.2. The number of alkyl halides is 3. The van der Waals surface area contributed by atoms with E-state index >= 15 is 0 Å². The van der Waals surface area contributed by atoms with Gasteiger partial charge in [0, 0.05) is 53.5 Å². The molecule has 5 aromatic rings. The van der Waals surface area contributed by atoms with E-state index in [0.29, 0.717) is 27.5 Å². The lowest BCUT2D eigenvalue weighted by Gasteiger charge is -2.16. The van der Waals surface area contributed by atoms with Gasteiger partial charge in [0.1, 0.15) is 29.3 Å². The van der Waals surface area contributed by atoms with Gasteiger partial charge in [-0.3, -0.25) is 9.78 Å². The molecule has 0 N–H and O–H groups in total. The summed E-state index contributed by atoms with van der Waals surface area (Å²) >= 11 is 6.47. The number of hydrogen-bond acceptors (Lipinski definition) is 5. The number of para-hydroxylation sites is 1. The van der Waals surface area contributed by atoms with E-state index in [-0.39, 0.29) is 13.2 Å². The molecule has 40 heavy (non-hydrogen) atoms. The van der Waals surface area contributed by atoms with Gasteiger partial charge in [-0.1, -0.05) is 30.7 Å². The van der Waals surface area contributed by atoms with Gasteiger partial charge >= 0.3 is 6.18 Å². The Kier molecular flexibility index (Phi) is 7.37. The van der Waals surface area contributed by atoms with Gasteiger partial charge in [0.15, 0.2) is 0 Å². The molecule has 0 unspecified atom stereocenters. The van der Waals surface area contributed by atoms with Crippen molar-refractivity contribution < 1.29 is 17.9 Å². The van der Waals surface area contributed by atoms with Crippen LogP contribution in [0.5, 0.6) is 5.75 Å². The van der Waals surface area contributed by atoms with Gasteiger partial charge in [0.05, 0.1) is 17.3 Å². The van der Waals surface area contributed by atoms with Crippen molar-refractivity contribution in [2.75, 3.05) is 0 Å². The van der Waals surface area contributed by atoms with Crippen LogP contribution in [0.25, 0.3) is 22.3 Å². The van der Waals surface area contributed by atoms with Crippen molar-refractivity contribution in [1.82, 2.24) is 24.1 Å². The van der Waals surface area contributed by atoms with Gasteiger partial charge in [0.2, 0.25) is 0 Å². The second kappa shape index (κ2) is 10.8. The smallest absolute Gasteiger partial charge is 0.421 e. The molecule has 5 rings (SSSR count). The minimum atomic E-state index is -4.76. The van der Waals surface area contributed by atoms with Crippen LogP contribution >= 0.6 is 11.6 Å². The highest BCUT2D eigenvalue weighted by Crippen LogP contribution is 2.34. The number of ether oxygens (including phenoxy) is 1. The van der Waals surface area contributed by atoms with Crippen molar-refractivity contribution in [3.63, 3.8) is 0 Å². The van der Waals surface area contributed by atoms with Crippen molar-refractivity contribution in [2.45, 2.75) is 39.6 Å². The first kappa shape index (κ1) is 27.4. The molecule has 206 valence electrons. The average molecular weight is 568 g/mol. The molecule has 0 aliphatic rings. The summed E-state index contributed by atoms with van der Waals surface area (Å²) < 4.78 is 49.0. The molecule has 4 aromatic heterocycles. The van der Waals surface area contributed by atoms with Gasteiger partial charge < -0.3 is 13.9 Å². The third kappa shape index (κ3) is 5.19. The second-order valence-electron chi connectivity index (χ2n) is 9.31. The predicted octanol–water partition coefficient (Wildman–Crippen LogP) is 6.36. The molecular weight excluding hydrogens is 543 g/mol. The van der Waals surface area contributed by atoms with Crippen molar-refractivity contribution >= 4 is 22.5 Å². The largest absolute Gasteiger partial charge is 0.486 e. The zero-order chi connectivity index (χ0) is 28.6. The Morgan fingerprint density at radius 3 is 2.62 bits per heavy atom. The van der Waals surface area contributed by atoms with E-state index in [1.54, 1.807) is 12.1 Å². The van der Waals surface area contributed by atoms with E-state index in [1.807, 2.05) is 38.4 Å². The van der Waals surface area contributed by atoms with Crippen LogP contribution < -0.4 is 10.3 Å². The van der Waals surface area contributed by atoms with E-state index in [4.69, 9.17) is 21.3 Å². The molecule has 0 fully saturated rings. The Morgan fingerprint density at radius 2 is 1.90 bits per heavy atom. The number of nitrogens with zero attached hydrogens (tertiary/aromatic N) is 5. The van der Waals surface area contributed by atoms with E-state index in [1.165, 1.54) is 18.5 Å². The number of pyridine rings is 3. The lowest BCUT2D eigenvalue weighted by Crippen LogP contribution is -2.28. The summed E-state index contributed by atoms with van der Waals surface area (Å²) in [6.07, 6.45) is 0.663. The van der Waals surface area contributed by atoms with Gasteiger partial charge in [-0.2, -0.15) is 13.2 Å². The Morgan fingerprint density at radius 1 is 1.10 bits per heavy atom. The Hall–Kier alpha value is -4.18. The molecule has 0 radical (unpaired) electrons. The first-order valence-electron chi connectivity index (χ1n) is 12.5. The zero-order valence-electron chi connectivity index (χ0n) is 22.0. The number of benzene rings is 1. The average Bonchev–Trinajstić information content (AvgIpc) is 3.28. The fourth-order valence-corrected chi connectivity index (χ4v) is 4.88. The van der Waals surface area contributed by atoms with Crippen LogP contribution in [-0.4, -0.2) is 24.1 Å². The summed E-state index contributed by atoms with van der Waals surface area (Å²) in [5.41, 5.74) is 1.79. The van der Waals surface area contributed by atoms with Crippen molar-refractivity contribution in [3.8, 4) is 17.1 Å². The Bertz CT molecular complexity index is 1780. The predicted molar refractivity (Wildman–Crippen MR) is 146 cm³/mol. The molecule has 0 atom stereocenters. The highest BCUT2D eigenvalue weighted by atomic mass is 35.5. The van der Waals surface area contributed by atoms with Crippen LogP contribution in [0.2, 0.25) is 5.02 Å². The highest BCUT2D eigenvalue weighted by molar-refractivity contribution is 6.31. The van der Waals surface area contributed by atoms with Gasteiger partial charge in [-0.25, -0.2) is 9.97 Å². The fraction of sp³-hybridized carbons (Fsp3) is 0.241. The molecule has 0 saturated carbocycles. The monoisotopic (exact) mass is 567 g/mol. The summed E-state index contributed by atoms with van der Waals surface area (Å²) in [6, 6.07) is 11.1. The van der Waals surface area contributed by atoms with E-state index in [2.05, 4.69) is 21.5 Å². The molecular formula is C29H25ClF3N5O2. The maximum absolute atomic E-state index is 13.3. The number of halogens is 4. The molecule has 0 spiro atoms. The standard InChI is InChI=1S/C29H25ClF3N5O2/c1-4-18-14-35-27(37(18)3)20-13-17(2)36-26-19(20)7-5-9-25(26)40-16-21-23(30)10-11-34-24(21)15-38-12-6-8-22(28(38)39)29(31,32)33/h5-14H,4,15-16H2,1-3H3. The SMILES string of the molecule is CCc1cnc(-c2cc(C)nc3c(OCc4c(Cl)ccnc4Cn4cccc(C(F)(F)F)c4=O)cccc23)n1C. The number of aryl methyl sites for hydroxylation is 2. The summed E-state index contributed by atoms with van der Waals surface area (Å²) in [5.74, 6) is 1.31. The lowest BCUT2D eigenvalue weighted by atomic mass is 10.1.